The Morgan fingerprint density at radius 1 is 1.65 bits per heavy atom. The first-order valence-electron chi connectivity index (χ1n) is 4.96. The van der Waals surface area contributed by atoms with E-state index in [-0.39, 0.29) is 5.69 Å². The third-order valence-corrected chi connectivity index (χ3v) is 2.19. The number of rotatable bonds is 4. The molecule has 0 aliphatic carbocycles. The van der Waals surface area contributed by atoms with Crippen LogP contribution in [0.15, 0.2) is 18.2 Å². The number of halogens is 1. The zero-order valence-electron chi connectivity index (χ0n) is 9.14. The molecular weight excluding hydrogens is 229 g/mol. The van der Waals surface area contributed by atoms with Gasteiger partial charge >= 0.3 is 0 Å². The summed E-state index contributed by atoms with van der Waals surface area (Å²) in [5.41, 5.74) is 4.90. The number of nitrogens with two attached hydrogens (primary N) is 1. The predicted molar refractivity (Wildman–Crippen MR) is 60.0 cm³/mol. The van der Waals surface area contributed by atoms with Crippen LogP contribution >= 0.6 is 0 Å². The maximum Gasteiger partial charge on any atom is 0.295 e. The van der Waals surface area contributed by atoms with E-state index in [4.69, 9.17) is 5.73 Å². The van der Waals surface area contributed by atoms with E-state index < -0.39 is 28.4 Å². The number of amides is 1. The van der Waals surface area contributed by atoms with Crippen LogP contribution in [0.25, 0.3) is 0 Å². The smallest absolute Gasteiger partial charge is 0.295 e. The Hall–Kier alpha value is -2.02. The third kappa shape index (κ3) is 3.22. The van der Waals surface area contributed by atoms with Crippen molar-refractivity contribution in [1.29, 1.82) is 0 Å². The van der Waals surface area contributed by atoms with Crippen molar-refractivity contribution in [2.45, 2.75) is 19.4 Å². The number of carbonyl (C=O) groups is 1. The average Bonchev–Trinajstić information content (AvgIpc) is 2.29. The quantitative estimate of drug-likeness (QED) is 0.615. The Morgan fingerprint density at radius 2 is 2.29 bits per heavy atom. The lowest BCUT2D eigenvalue weighted by atomic mass is 10.2. The highest BCUT2D eigenvalue weighted by atomic mass is 19.1. The van der Waals surface area contributed by atoms with Crippen molar-refractivity contribution in [2.24, 2.45) is 5.73 Å². The standard InChI is InChI=1S/C10H12FN3O3/c1-2-7(12)10(15)13-8-4-3-6(11)5-9(8)14(16)17/h3-5,7H,2,12H2,1H3,(H,13,15). The average molecular weight is 241 g/mol. The van der Waals surface area contributed by atoms with Gasteiger partial charge in [-0.05, 0) is 18.6 Å². The fraction of sp³-hybridized carbons (Fsp3) is 0.300. The lowest BCUT2D eigenvalue weighted by Crippen LogP contribution is -2.34. The van der Waals surface area contributed by atoms with Gasteiger partial charge in [0.15, 0.2) is 0 Å². The Morgan fingerprint density at radius 3 is 2.82 bits per heavy atom. The molecule has 6 nitrogen and oxygen atoms in total. The summed E-state index contributed by atoms with van der Waals surface area (Å²) in [4.78, 5) is 21.3. The largest absolute Gasteiger partial charge is 0.320 e. The molecule has 0 radical (unpaired) electrons. The van der Waals surface area contributed by atoms with Crippen molar-refractivity contribution in [3.05, 3.63) is 34.1 Å². The van der Waals surface area contributed by atoms with Crippen molar-refractivity contribution in [3.63, 3.8) is 0 Å². The van der Waals surface area contributed by atoms with E-state index in [1.54, 1.807) is 6.92 Å². The number of nitrogens with zero attached hydrogens (tertiary/aromatic N) is 1. The highest BCUT2D eigenvalue weighted by Gasteiger charge is 2.19. The number of nitro benzene ring substituents is 1. The van der Waals surface area contributed by atoms with Crippen LogP contribution in [-0.4, -0.2) is 16.9 Å². The molecule has 0 spiro atoms. The molecule has 0 saturated heterocycles. The van der Waals surface area contributed by atoms with Gasteiger partial charge in [0.2, 0.25) is 5.91 Å². The maximum absolute atomic E-state index is 12.8. The Labute approximate surface area is 96.8 Å². The second-order valence-corrected chi connectivity index (χ2v) is 3.42. The lowest BCUT2D eigenvalue weighted by molar-refractivity contribution is -0.384. The number of benzene rings is 1. The molecule has 1 rings (SSSR count). The number of carbonyl (C=O) groups excluding carboxylic acids is 1. The van der Waals surface area contributed by atoms with E-state index in [1.165, 1.54) is 0 Å². The molecule has 92 valence electrons. The molecule has 1 aromatic rings. The highest BCUT2D eigenvalue weighted by Crippen LogP contribution is 2.24. The van der Waals surface area contributed by atoms with Crippen LogP contribution in [0.1, 0.15) is 13.3 Å². The molecule has 1 unspecified atom stereocenters. The summed E-state index contributed by atoms with van der Waals surface area (Å²) in [6.07, 6.45) is 0.404. The van der Waals surface area contributed by atoms with Crippen molar-refractivity contribution < 1.29 is 14.1 Å². The number of hydrogen-bond donors (Lipinski definition) is 2. The van der Waals surface area contributed by atoms with Gasteiger partial charge in [-0.1, -0.05) is 6.92 Å². The molecule has 0 aromatic heterocycles. The summed E-state index contributed by atoms with van der Waals surface area (Å²) < 4.78 is 12.8. The summed E-state index contributed by atoms with van der Waals surface area (Å²) >= 11 is 0. The van der Waals surface area contributed by atoms with Gasteiger partial charge in [-0.25, -0.2) is 4.39 Å². The van der Waals surface area contributed by atoms with Crippen molar-refractivity contribution in [3.8, 4) is 0 Å². The molecule has 0 aliphatic heterocycles. The molecule has 0 bridgehead atoms. The van der Waals surface area contributed by atoms with Gasteiger partial charge in [0, 0.05) is 0 Å². The fourth-order valence-corrected chi connectivity index (χ4v) is 1.17. The van der Waals surface area contributed by atoms with Crippen LogP contribution in [0, 0.1) is 15.9 Å². The number of hydrogen-bond acceptors (Lipinski definition) is 4. The Kier molecular flexibility index (Phi) is 4.11. The van der Waals surface area contributed by atoms with Gasteiger partial charge in [-0.3, -0.25) is 14.9 Å². The molecule has 17 heavy (non-hydrogen) atoms. The van der Waals surface area contributed by atoms with E-state index in [9.17, 15) is 19.3 Å². The molecular formula is C10H12FN3O3. The fourth-order valence-electron chi connectivity index (χ4n) is 1.17. The molecule has 1 amide bonds. The minimum absolute atomic E-state index is 0.0645. The summed E-state index contributed by atoms with van der Waals surface area (Å²) in [5.74, 6) is -1.28. The summed E-state index contributed by atoms with van der Waals surface area (Å²) in [7, 11) is 0. The van der Waals surface area contributed by atoms with Crippen molar-refractivity contribution in [2.75, 3.05) is 5.32 Å². The summed E-state index contributed by atoms with van der Waals surface area (Å²) in [5, 5.41) is 12.9. The molecule has 0 heterocycles. The zero-order chi connectivity index (χ0) is 13.0. The molecule has 0 aliphatic rings. The van der Waals surface area contributed by atoms with Gasteiger partial charge in [-0.2, -0.15) is 0 Å². The Balaban J connectivity index is 2.98. The van der Waals surface area contributed by atoms with E-state index >= 15 is 0 Å². The van der Waals surface area contributed by atoms with Crippen LogP contribution in [-0.2, 0) is 4.79 Å². The van der Waals surface area contributed by atoms with Gasteiger partial charge < -0.3 is 11.1 Å². The van der Waals surface area contributed by atoms with Crippen molar-refractivity contribution >= 4 is 17.3 Å². The van der Waals surface area contributed by atoms with Crippen LogP contribution < -0.4 is 11.1 Å². The topological polar surface area (TPSA) is 98.3 Å². The van der Waals surface area contributed by atoms with Gasteiger partial charge in [0.25, 0.3) is 5.69 Å². The first kappa shape index (κ1) is 13.0. The number of anilines is 1. The first-order chi connectivity index (χ1) is 7.95. The normalized spacial score (nSPS) is 11.9. The third-order valence-electron chi connectivity index (χ3n) is 2.19. The van der Waals surface area contributed by atoms with Crippen molar-refractivity contribution in [1.82, 2.24) is 0 Å². The predicted octanol–water partition coefficient (Wildman–Crippen LogP) is 1.41. The van der Waals surface area contributed by atoms with Crippen LogP contribution in [0.5, 0.6) is 0 Å². The lowest BCUT2D eigenvalue weighted by Gasteiger charge is -2.10. The van der Waals surface area contributed by atoms with Gasteiger partial charge in [0.1, 0.15) is 11.5 Å². The molecule has 1 aromatic carbocycles. The second kappa shape index (κ2) is 5.35. The maximum atomic E-state index is 12.8. The number of nitrogens with one attached hydrogen (secondary N) is 1. The molecule has 0 saturated carbocycles. The monoisotopic (exact) mass is 241 g/mol. The SMILES string of the molecule is CCC(N)C(=O)Nc1ccc(F)cc1[N+](=O)[O-]. The zero-order valence-corrected chi connectivity index (χ0v) is 9.14. The minimum atomic E-state index is -0.768. The minimum Gasteiger partial charge on any atom is -0.320 e. The van der Waals surface area contributed by atoms with Gasteiger partial charge in [-0.15, -0.1) is 0 Å². The first-order valence-corrected chi connectivity index (χ1v) is 4.96. The van der Waals surface area contributed by atoms with E-state index in [0.717, 1.165) is 18.2 Å². The Bertz CT molecular complexity index is 450. The molecule has 1 atom stereocenters. The second-order valence-electron chi connectivity index (χ2n) is 3.42. The molecule has 3 N–H and O–H groups in total. The summed E-state index contributed by atoms with van der Waals surface area (Å²) in [6.45, 7) is 1.71. The highest BCUT2D eigenvalue weighted by molar-refractivity contribution is 5.96. The molecule has 7 heteroatoms. The van der Waals surface area contributed by atoms with Crippen LogP contribution in [0.4, 0.5) is 15.8 Å². The van der Waals surface area contributed by atoms with Crippen LogP contribution in [0.3, 0.4) is 0 Å². The van der Waals surface area contributed by atoms with Gasteiger partial charge in [0.05, 0.1) is 17.0 Å². The molecule has 0 fully saturated rings. The van der Waals surface area contributed by atoms with E-state index in [0.29, 0.717) is 6.42 Å². The van der Waals surface area contributed by atoms with Crippen LogP contribution in [0.2, 0.25) is 0 Å². The van der Waals surface area contributed by atoms with E-state index in [1.807, 2.05) is 0 Å². The summed E-state index contributed by atoms with van der Waals surface area (Å²) in [6, 6.07) is 2.15. The number of nitro groups is 1. The van der Waals surface area contributed by atoms with E-state index in [2.05, 4.69) is 5.32 Å².